The fourth-order valence-corrected chi connectivity index (χ4v) is 9.59. The minimum absolute atomic E-state index is 0.00849. The van der Waals surface area contributed by atoms with Crippen molar-refractivity contribution in [2.24, 2.45) is 46.3 Å². The Hall–Kier alpha value is -1.63. The second-order valence-electron chi connectivity index (χ2n) is 14.0. The van der Waals surface area contributed by atoms with Gasteiger partial charge in [-0.15, -0.1) is 0 Å². The number of carbonyl (C=O) groups is 3. The second-order valence-corrected chi connectivity index (χ2v) is 14.0. The van der Waals surface area contributed by atoms with Crippen LogP contribution in [0.4, 0.5) is 0 Å². The van der Waals surface area contributed by atoms with Crippen molar-refractivity contribution in [2.75, 3.05) is 6.61 Å². The first kappa shape index (κ1) is 28.4. The van der Waals surface area contributed by atoms with E-state index in [1.165, 1.54) is 12.8 Å². The largest absolute Gasteiger partial charge is 0.465 e. The van der Waals surface area contributed by atoms with Gasteiger partial charge >= 0.3 is 0 Å². The van der Waals surface area contributed by atoms with Gasteiger partial charge in [-0.25, -0.2) is 0 Å². The molecule has 0 aromatic heterocycles. The van der Waals surface area contributed by atoms with Gasteiger partial charge in [0, 0.05) is 12.3 Å². The number of hydrogen-bond acceptors (Lipinski definition) is 6. The molecule has 0 heterocycles. The molecule has 0 aromatic carbocycles. The highest BCUT2D eigenvalue weighted by atomic mass is 16.5. The van der Waals surface area contributed by atoms with Gasteiger partial charge in [0.05, 0.1) is 12.1 Å². The Morgan fingerprint density at radius 3 is 2.38 bits per heavy atom. The normalized spacial score (nSPS) is 41.9. The van der Waals surface area contributed by atoms with Crippen molar-refractivity contribution in [3.63, 3.8) is 0 Å². The van der Waals surface area contributed by atoms with E-state index in [-0.39, 0.29) is 35.6 Å². The zero-order valence-corrected chi connectivity index (χ0v) is 23.5. The fraction of sp³-hybridized carbons (Fsp3) is 0.900. The second kappa shape index (κ2) is 10.9. The summed E-state index contributed by atoms with van der Waals surface area (Å²) in [5.41, 5.74) is -0.212. The summed E-state index contributed by atoms with van der Waals surface area (Å²) in [4.78, 5) is 35.1. The van der Waals surface area contributed by atoms with Crippen LogP contribution in [0.25, 0.3) is 0 Å². The third kappa shape index (κ3) is 5.31. The van der Waals surface area contributed by atoms with E-state index in [1.54, 1.807) is 0 Å². The molecule has 0 spiro atoms. The van der Waals surface area contributed by atoms with Gasteiger partial charge in [0.2, 0.25) is 5.91 Å². The number of ether oxygens (including phenoxy) is 2. The molecule has 7 heteroatoms. The molecule has 4 aliphatic carbocycles. The van der Waals surface area contributed by atoms with Crippen LogP contribution in [0, 0.1) is 46.3 Å². The highest BCUT2D eigenvalue weighted by Crippen LogP contribution is 2.68. The summed E-state index contributed by atoms with van der Waals surface area (Å²) >= 11 is 0. The number of aliphatic hydroxyl groups is 1. The number of aliphatic hydroxyl groups excluding tert-OH is 1. The number of carbonyl (C=O) groups excluding carboxylic acids is 3. The molecule has 4 saturated carbocycles. The van der Waals surface area contributed by atoms with Crippen molar-refractivity contribution in [1.82, 2.24) is 5.32 Å². The van der Waals surface area contributed by atoms with E-state index in [1.807, 2.05) is 13.8 Å². The van der Waals surface area contributed by atoms with E-state index in [2.05, 4.69) is 26.1 Å². The van der Waals surface area contributed by atoms with Crippen LogP contribution in [-0.4, -0.2) is 48.3 Å². The smallest absolute Gasteiger partial charge is 0.293 e. The number of nitrogens with one attached hydrogen (secondary N) is 1. The molecule has 4 aliphatic rings. The lowest BCUT2D eigenvalue weighted by atomic mass is 9.43. The van der Waals surface area contributed by atoms with Crippen LogP contribution < -0.4 is 5.32 Å². The minimum Gasteiger partial charge on any atom is -0.465 e. The molecule has 2 N–H and O–H groups in total. The lowest BCUT2D eigenvalue weighted by Crippen LogP contribution is -2.59. The van der Waals surface area contributed by atoms with Crippen LogP contribution in [-0.2, 0) is 23.9 Å². The third-order valence-electron chi connectivity index (χ3n) is 11.5. The summed E-state index contributed by atoms with van der Waals surface area (Å²) in [5, 5.41) is 12.4. The van der Waals surface area contributed by atoms with Crippen molar-refractivity contribution >= 4 is 18.9 Å². The van der Waals surface area contributed by atoms with Crippen LogP contribution in [0.2, 0.25) is 0 Å². The molecule has 0 aromatic rings. The average Bonchev–Trinajstić information content (AvgIpc) is 3.20. The number of fused-ring (bicyclic) bond motifs is 5. The molecular weight excluding hydrogens is 470 g/mol. The highest BCUT2D eigenvalue weighted by Gasteiger charge is 2.63. The molecule has 4 rings (SSSR count). The van der Waals surface area contributed by atoms with E-state index >= 15 is 0 Å². The highest BCUT2D eigenvalue weighted by molar-refractivity contribution is 5.76. The van der Waals surface area contributed by atoms with Gasteiger partial charge in [-0.05, 0) is 112 Å². The van der Waals surface area contributed by atoms with Crippen molar-refractivity contribution in [1.29, 1.82) is 0 Å². The Morgan fingerprint density at radius 2 is 1.70 bits per heavy atom. The molecule has 4 fully saturated rings. The summed E-state index contributed by atoms with van der Waals surface area (Å²) in [6.07, 6.45) is 9.62. The summed E-state index contributed by atoms with van der Waals surface area (Å²) in [7, 11) is 0. The number of amides is 1. The zero-order chi connectivity index (χ0) is 27.0. The Bertz CT molecular complexity index is 846. The Labute approximate surface area is 222 Å². The Balaban J connectivity index is 1.48. The molecule has 210 valence electrons. The van der Waals surface area contributed by atoms with E-state index in [9.17, 15) is 19.5 Å². The third-order valence-corrected chi connectivity index (χ3v) is 11.5. The van der Waals surface area contributed by atoms with Gasteiger partial charge in [-0.2, -0.15) is 0 Å². The fourth-order valence-electron chi connectivity index (χ4n) is 9.59. The molecule has 7 nitrogen and oxygen atoms in total. The van der Waals surface area contributed by atoms with Crippen LogP contribution in [0.15, 0.2) is 0 Å². The lowest BCUT2D eigenvalue weighted by Gasteiger charge is -2.62. The van der Waals surface area contributed by atoms with Gasteiger partial charge < -0.3 is 19.9 Å². The van der Waals surface area contributed by atoms with Gasteiger partial charge in [0.1, 0.15) is 12.2 Å². The molecule has 0 aliphatic heterocycles. The summed E-state index contributed by atoms with van der Waals surface area (Å²) in [5.74, 6) is 2.81. The van der Waals surface area contributed by atoms with Crippen molar-refractivity contribution < 1.29 is 29.0 Å². The monoisotopic (exact) mass is 519 g/mol. The average molecular weight is 520 g/mol. The van der Waals surface area contributed by atoms with Crippen molar-refractivity contribution in [3.8, 4) is 0 Å². The molecule has 0 bridgehead atoms. The maximum atomic E-state index is 12.5. The standard InChI is InChI=1S/C30H49NO6/c1-19(6-9-26(35)31-28(2,3)16-32)22-7-8-23-27-24(11-13-30(22,23)5)29(4)12-10-21(36-17-33)14-20(29)15-25(27)37-18-34/h17-25,27,32H,6-16H2,1-5H3,(H,31,35)/t19-,20+,21-,22?,23?,24?,25+,27+,29+,30-/m1/s1. The first-order valence-corrected chi connectivity index (χ1v) is 14.6. The predicted octanol–water partition coefficient (Wildman–Crippen LogP) is 4.64. The molecule has 1 amide bonds. The summed E-state index contributed by atoms with van der Waals surface area (Å²) < 4.78 is 11.2. The molecule has 3 unspecified atom stereocenters. The topological polar surface area (TPSA) is 102 Å². The molecule has 0 radical (unpaired) electrons. The van der Waals surface area contributed by atoms with Gasteiger partial charge in [0.15, 0.2) is 0 Å². The molecule has 10 atom stereocenters. The van der Waals surface area contributed by atoms with Crippen molar-refractivity contribution in [2.45, 2.75) is 117 Å². The van der Waals surface area contributed by atoms with Gasteiger partial charge in [0.25, 0.3) is 12.9 Å². The minimum atomic E-state index is -0.593. The first-order valence-electron chi connectivity index (χ1n) is 14.6. The van der Waals surface area contributed by atoms with Gasteiger partial charge in [-0.3, -0.25) is 14.4 Å². The lowest BCUT2D eigenvalue weighted by molar-refractivity contribution is -0.190. The number of rotatable bonds is 10. The van der Waals surface area contributed by atoms with Crippen LogP contribution >= 0.6 is 0 Å². The van der Waals surface area contributed by atoms with Crippen molar-refractivity contribution in [3.05, 3.63) is 0 Å². The molecule has 37 heavy (non-hydrogen) atoms. The maximum absolute atomic E-state index is 12.5. The van der Waals surface area contributed by atoms with Crippen LogP contribution in [0.3, 0.4) is 0 Å². The van der Waals surface area contributed by atoms with E-state index in [0.717, 1.165) is 44.9 Å². The van der Waals surface area contributed by atoms with E-state index in [4.69, 9.17) is 9.47 Å². The first-order chi connectivity index (χ1) is 17.5. The zero-order valence-electron chi connectivity index (χ0n) is 23.5. The quantitative estimate of drug-likeness (QED) is 0.408. The summed E-state index contributed by atoms with van der Waals surface area (Å²) in [6.45, 7) is 12.1. The Morgan fingerprint density at radius 1 is 1.03 bits per heavy atom. The predicted molar refractivity (Wildman–Crippen MR) is 140 cm³/mol. The van der Waals surface area contributed by atoms with Crippen LogP contribution in [0.1, 0.15) is 98.8 Å². The van der Waals surface area contributed by atoms with E-state index in [0.29, 0.717) is 54.9 Å². The van der Waals surface area contributed by atoms with E-state index < -0.39 is 5.54 Å². The molecular formula is C30H49NO6. The SMILES string of the molecule is C[C@H](CCC(=O)NC(C)(C)CO)C1CCC2[C@H]3C(CC[C@@]21C)[C@@]1(C)CC[C@@H](OC=O)C[C@H]1C[C@@H]3OC=O. The van der Waals surface area contributed by atoms with Gasteiger partial charge in [-0.1, -0.05) is 20.8 Å². The number of hydrogen-bond donors (Lipinski definition) is 2. The Kier molecular flexibility index (Phi) is 8.33. The van der Waals surface area contributed by atoms with Crippen LogP contribution in [0.5, 0.6) is 0 Å². The summed E-state index contributed by atoms with van der Waals surface area (Å²) in [6, 6.07) is 0. The maximum Gasteiger partial charge on any atom is 0.293 e. The molecule has 0 saturated heterocycles.